The number of nitrogens with two attached hydrogens (primary N) is 1. The first kappa shape index (κ1) is 18.4. The number of halogens is 4. The van der Waals surface area contributed by atoms with Crippen LogP contribution in [0.1, 0.15) is 5.56 Å². The van der Waals surface area contributed by atoms with Crippen molar-refractivity contribution in [3.8, 4) is 0 Å². The van der Waals surface area contributed by atoms with Crippen LogP contribution in [0.15, 0.2) is 65.3 Å². The summed E-state index contributed by atoms with van der Waals surface area (Å²) in [5, 5.41) is 5.94. The molecule has 5 nitrogen and oxygen atoms in total. The predicted molar refractivity (Wildman–Crippen MR) is 87.7 cm³/mol. The number of benzene rings is 2. The highest BCUT2D eigenvalue weighted by Crippen LogP contribution is 2.40. The topological polar surface area (TPSA) is 75.4 Å². The van der Waals surface area contributed by atoms with E-state index in [4.69, 9.17) is 5.14 Å². The highest BCUT2D eigenvalue weighted by molar-refractivity contribution is 7.89. The lowest BCUT2D eigenvalue weighted by molar-refractivity contribution is -0.148. The van der Waals surface area contributed by atoms with Crippen molar-refractivity contribution in [1.82, 2.24) is 5.43 Å². The number of hydrazine groups is 1. The Hall–Kier alpha value is -2.43. The largest absolute Gasteiger partial charge is 0.412 e. The first-order chi connectivity index (χ1) is 12.1. The molecule has 0 saturated heterocycles. The molecule has 1 atom stereocenters. The molecule has 3 rings (SSSR count). The molecule has 0 saturated carbocycles. The van der Waals surface area contributed by atoms with Gasteiger partial charge in [0.05, 0.1) is 16.3 Å². The van der Waals surface area contributed by atoms with E-state index in [9.17, 15) is 26.0 Å². The van der Waals surface area contributed by atoms with E-state index in [-0.39, 0.29) is 21.8 Å². The van der Waals surface area contributed by atoms with E-state index < -0.39 is 28.1 Å². The summed E-state index contributed by atoms with van der Waals surface area (Å²) in [6, 6.07) is 9.97. The Labute approximate surface area is 146 Å². The molecule has 10 heteroatoms. The standard InChI is InChI=1S/C16H13F4N3O2S/c17-13-14(10-4-2-1-3-5-10)23(22-15(13)16(18,19)20)11-6-8-12(9-7-11)26(21,24)25/h1-9,15,22H,(H2,21,24,25). The number of sulfonamides is 1. The van der Waals surface area contributed by atoms with Gasteiger partial charge in [0, 0.05) is 5.56 Å². The van der Waals surface area contributed by atoms with E-state index in [1.165, 1.54) is 24.3 Å². The van der Waals surface area contributed by atoms with Gasteiger partial charge in [0.15, 0.2) is 11.9 Å². The Morgan fingerprint density at radius 2 is 1.58 bits per heavy atom. The highest BCUT2D eigenvalue weighted by Gasteiger charge is 2.50. The van der Waals surface area contributed by atoms with Gasteiger partial charge in [-0.15, -0.1) is 0 Å². The van der Waals surface area contributed by atoms with Gasteiger partial charge in [-0.3, -0.25) is 5.01 Å². The van der Waals surface area contributed by atoms with Crippen LogP contribution in [0.25, 0.3) is 5.70 Å². The summed E-state index contributed by atoms with van der Waals surface area (Å²) < 4.78 is 76.7. The molecule has 1 aliphatic rings. The third kappa shape index (κ3) is 3.43. The highest BCUT2D eigenvalue weighted by atomic mass is 32.2. The number of rotatable bonds is 3. The molecule has 0 spiro atoms. The second-order valence-corrected chi connectivity index (χ2v) is 7.10. The number of hydrogen-bond donors (Lipinski definition) is 2. The summed E-state index contributed by atoms with van der Waals surface area (Å²) >= 11 is 0. The van der Waals surface area contributed by atoms with Crippen LogP contribution < -0.4 is 15.6 Å². The monoisotopic (exact) mass is 387 g/mol. The zero-order chi connectivity index (χ0) is 19.1. The maximum atomic E-state index is 14.6. The summed E-state index contributed by atoms with van der Waals surface area (Å²) in [5.41, 5.74) is 2.15. The van der Waals surface area contributed by atoms with Crippen LogP contribution in [0.2, 0.25) is 0 Å². The third-order valence-corrected chi connectivity index (χ3v) is 4.69. The van der Waals surface area contributed by atoms with E-state index in [0.717, 1.165) is 17.1 Å². The van der Waals surface area contributed by atoms with E-state index in [0.29, 0.717) is 0 Å². The van der Waals surface area contributed by atoms with Gasteiger partial charge >= 0.3 is 6.18 Å². The van der Waals surface area contributed by atoms with Crippen LogP contribution in [0, 0.1) is 0 Å². The van der Waals surface area contributed by atoms with Gasteiger partial charge in [-0.25, -0.2) is 23.4 Å². The summed E-state index contributed by atoms with van der Waals surface area (Å²) in [4.78, 5) is -0.210. The fourth-order valence-electron chi connectivity index (χ4n) is 2.56. The minimum atomic E-state index is -4.85. The molecule has 0 radical (unpaired) electrons. The second-order valence-electron chi connectivity index (χ2n) is 5.54. The fraction of sp³-hybridized carbons (Fsp3) is 0.125. The van der Waals surface area contributed by atoms with Gasteiger partial charge in [0.2, 0.25) is 10.0 Å². The first-order valence-corrected chi connectivity index (χ1v) is 8.84. The Kier molecular flexibility index (Phi) is 4.51. The summed E-state index contributed by atoms with van der Waals surface area (Å²) in [5.74, 6) is -1.38. The second kappa shape index (κ2) is 6.38. The van der Waals surface area contributed by atoms with Gasteiger partial charge in [-0.2, -0.15) is 13.2 Å². The minimum Gasteiger partial charge on any atom is -0.273 e. The Balaban J connectivity index is 2.08. The Morgan fingerprint density at radius 3 is 2.08 bits per heavy atom. The van der Waals surface area contributed by atoms with Crippen molar-refractivity contribution in [2.24, 2.45) is 5.14 Å². The van der Waals surface area contributed by atoms with Crippen LogP contribution in [-0.4, -0.2) is 20.6 Å². The zero-order valence-electron chi connectivity index (χ0n) is 13.0. The lowest BCUT2D eigenvalue weighted by Gasteiger charge is -2.24. The summed E-state index contributed by atoms with van der Waals surface area (Å²) in [6.07, 6.45) is -4.85. The Bertz CT molecular complexity index is 942. The maximum absolute atomic E-state index is 14.6. The van der Waals surface area contributed by atoms with Crippen molar-refractivity contribution < 1.29 is 26.0 Å². The lowest BCUT2D eigenvalue weighted by Crippen LogP contribution is -2.45. The normalized spacial score (nSPS) is 18.5. The molecule has 2 aromatic carbocycles. The van der Waals surface area contributed by atoms with E-state index >= 15 is 0 Å². The molecule has 0 aliphatic carbocycles. The molecule has 0 bridgehead atoms. The molecule has 3 N–H and O–H groups in total. The number of hydrogen-bond acceptors (Lipinski definition) is 4. The van der Waals surface area contributed by atoms with Crippen LogP contribution in [-0.2, 0) is 10.0 Å². The number of nitrogens with one attached hydrogen (secondary N) is 1. The zero-order valence-corrected chi connectivity index (χ0v) is 13.9. The number of nitrogens with zero attached hydrogens (tertiary/aromatic N) is 1. The average molecular weight is 387 g/mol. The number of primary sulfonamides is 1. The number of alkyl halides is 3. The van der Waals surface area contributed by atoms with Crippen LogP contribution >= 0.6 is 0 Å². The molecule has 2 aromatic rings. The van der Waals surface area contributed by atoms with Gasteiger partial charge in [0.1, 0.15) is 0 Å². The van der Waals surface area contributed by atoms with Crippen molar-refractivity contribution in [3.63, 3.8) is 0 Å². The first-order valence-electron chi connectivity index (χ1n) is 7.30. The molecular weight excluding hydrogens is 374 g/mol. The number of anilines is 1. The maximum Gasteiger partial charge on any atom is 0.412 e. The molecule has 1 heterocycles. The lowest BCUT2D eigenvalue weighted by atomic mass is 10.1. The summed E-state index contributed by atoms with van der Waals surface area (Å²) in [6.45, 7) is 0. The minimum absolute atomic E-state index is 0.123. The van der Waals surface area contributed by atoms with Crippen molar-refractivity contribution in [3.05, 3.63) is 66.0 Å². The molecule has 0 amide bonds. The van der Waals surface area contributed by atoms with Crippen molar-refractivity contribution in [2.45, 2.75) is 17.1 Å². The van der Waals surface area contributed by atoms with Crippen molar-refractivity contribution >= 4 is 21.4 Å². The van der Waals surface area contributed by atoms with Crippen LogP contribution in [0.3, 0.4) is 0 Å². The molecule has 1 unspecified atom stereocenters. The van der Waals surface area contributed by atoms with Crippen molar-refractivity contribution in [2.75, 3.05) is 5.01 Å². The predicted octanol–water partition coefficient (Wildman–Crippen LogP) is 2.93. The van der Waals surface area contributed by atoms with E-state index in [1.54, 1.807) is 18.2 Å². The molecular formula is C16H13F4N3O2S. The average Bonchev–Trinajstić information content (AvgIpc) is 2.92. The van der Waals surface area contributed by atoms with E-state index in [2.05, 4.69) is 5.43 Å². The van der Waals surface area contributed by atoms with Gasteiger partial charge in [-0.05, 0) is 24.3 Å². The third-order valence-electron chi connectivity index (χ3n) is 3.76. The van der Waals surface area contributed by atoms with Crippen molar-refractivity contribution in [1.29, 1.82) is 0 Å². The molecule has 138 valence electrons. The van der Waals surface area contributed by atoms with Crippen LogP contribution in [0.5, 0.6) is 0 Å². The summed E-state index contributed by atoms with van der Waals surface area (Å²) in [7, 11) is -3.96. The smallest absolute Gasteiger partial charge is 0.273 e. The van der Waals surface area contributed by atoms with Gasteiger partial charge in [-0.1, -0.05) is 30.3 Å². The fourth-order valence-corrected chi connectivity index (χ4v) is 3.08. The van der Waals surface area contributed by atoms with Gasteiger partial charge < -0.3 is 0 Å². The molecule has 1 aliphatic heterocycles. The molecule has 26 heavy (non-hydrogen) atoms. The molecule has 0 fully saturated rings. The Morgan fingerprint density at radius 1 is 1.00 bits per heavy atom. The SMILES string of the molecule is NS(=O)(=O)c1ccc(N2NC(C(F)(F)F)C(F)=C2c2ccccc2)cc1. The molecule has 0 aromatic heterocycles. The van der Waals surface area contributed by atoms with E-state index in [1.807, 2.05) is 0 Å². The van der Waals surface area contributed by atoms with Gasteiger partial charge in [0.25, 0.3) is 0 Å². The van der Waals surface area contributed by atoms with Crippen LogP contribution in [0.4, 0.5) is 23.2 Å². The quantitative estimate of drug-likeness (QED) is 0.795.